The summed E-state index contributed by atoms with van der Waals surface area (Å²) in [5, 5.41) is 3.38. The van der Waals surface area contributed by atoms with E-state index < -0.39 is 5.97 Å². The van der Waals surface area contributed by atoms with Crippen LogP contribution in [0, 0.1) is 0 Å². The van der Waals surface area contributed by atoms with Crippen molar-refractivity contribution in [3.63, 3.8) is 0 Å². The Hall–Kier alpha value is -2.73. The van der Waals surface area contributed by atoms with Crippen molar-refractivity contribution in [2.75, 3.05) is 13.4 Å². The van der Waals surface area contributed by atoms with Crippen molar-refractivity contribution in [1.29, 1.82) is 0 Å². The SMILES string of the molecule is C[C@@H](NC(=O)COC(=O)Cc1ccc(Cl)cc1)c1ccc2c(c1)OCO2. The Morgan fingerprint density at radius 1 is 1.15 bits per heavy atom. The molecule has 6 nitrogen and oxygen atoms in total. The molecule has 0 aromatic heterocycles. The van der Waals surface area contributed by atoms with Crippen LogP contribution in [0.1, 0.15) is 24.1 Å². The van der Waals surface area contributed by atoms with Crippen LogP contribution in [0.4, 0.5) is 0 Å². The molecule has 0 radical (unpaired) electrons. The summed E-state index contributed by atoms with van der Waals surface area (Å²) in [6, 6.07) is 12.1. The van der Waals surface area contributed by atoms with Crippen LogP contribution in [-0.4, -0.2) is 25.3 Å². The Morgan fingerprint density at radius 3 is 2.65 bits per heavy atom. The van der Waals surface area contributed by atoms with Gasteiger partial charge in [0.2, 0.25) is 6.79 Å². The number of hydrogen-bond donors (Lipinski definition) is 1. The third kappa shape index (κ3) is 4.67. The smallest absolute Gasteiger partial charge is 0.310 e. The summed E-state index contributed by atoms with van der Waals surface area (Å²) in [4.78, 5) is 23.8. The number of carbonyl (C=O) groups is 2. The van der Waals surface area contributed by atoms with Gasteiger partial charge < -0.3 is 19.5 Å². The number of nitrogens with one attached hydrogen (secondary N) is 1. The van der Waals surface area contributed by atoms with Crippen LogP contribution in [0.25, 0.3) is 0 Å². The fourth-order valence-corrected chi connectivity index (χ4v) is 2.64. The second kappa shape index (κ2) is 8.10. The molecule has 1 aliphatic heterocycles. The molecule has 0 spiro atoms. The molecule has 2 aromatic carbocycles. The number of fused-ring (bicyclic) bond motifs is 1. The normalized spacial score (nSPS) is 13.2. The van der Waals surface area contributed by atoms with Gasteiger partial charge in [-0.05, 0) is 42.3 Å². The Kier molecular flexibility index (Phi) is 5.63. The van der Waals surface area contributed by atoms with Gasteiger partial charge in [0.15, 0.2) is 18.1 Å². The van der Waals surface area contributed by atoms with Gasteiger partial charge in [-0.2, -0.15) is 0 Å². The van der Waals surface area contributed by atoms with Gasteiger partial charge in [0.25, 0.3) is 5.91 Å². The molecule has 1 N–H and O–H groups in total. The minimum absolute atomic E-state index is 0.0855. The van der Waals surface area contributed by atoms with Crippen molar-refractivity contribution in [3.05, 3.63) is 58.6 Å². The number of esters is 1. The molecule has 136 valence electrons. The number of hydrogen-bond acceptors (Lipinski definition) is 5. The largest absolute Gasteiger partial charge is 0.455 e. The minimum atomic E-state index is -0.474. The van der Waals surface area contributed by atoms with Crippen molar-refractivity contribution < 1.29 is 23.8 Å². The first kappa shape index (κ1) is 18.1. The molecule has 3 rings (SSSR count). The van der Waals surface area contributed by atoms with Crippen LogP contribution >= 0.6 is 11.6 Å². The van der Waals surface area contributed by atoms with E-state index in [2.05, 4.69) is 5.32 Å². The van der Waals surface area contributed by atoms with E-state index in [1.54, 1.807) is 30.3 Å². The molecule has 7 heteroatoms. The summed E-state index contributed by atoms with van der Waals surface area (Å²) >= 11 is 5.80. The van der Waals surface area contributed by atoms with E-state index in [1.165, 1.54) is 0 Å². The van der Waals surface area contributed by atoms with Gasteiger partial charge in [0.05, 0.1) is 12.5 Å². The monoisotopic (exact) mass is 375 g/mol. The third-order valence-corrected chi connectivity index (χ3v) is 4.15. The molecule has 26 heavy (non-hydrogen) atoms. The zero-order valence-electron chi connectivity index (χ0n) is 14.2. The Bertz CT molecular complexity index is 806. The van der Waals surface area contributed by atoms with Crippen molar-refractivity contribution in [2.45, 2.75) is 19.4 Å². The van der Waals surface area contributed by atoms with Gasteiger partial charge >= 0.3 is 5.97 Å². The highest BCUT2D eigenvalue weighted by atomic mass is 35.5. The summed E-state index contributed by atoms with van der Waals surface area (Å²) in [5.74, 6) is 0.485. The number of rotatable bonds is 6. The van der Waals surface area contributed by atoms with E-state index in [1.807, 2.05) is 19.1 Å². The summed E-state index contributed by atoms with van der Waals surface area (Å²) in [6.45, 7) is 1.70. The predicted octanol–water partition coefficient (Wildman–Crippen LogP) is 3.03. The minimum Gasteiger partial charge on any atom is -0.455 e. The van der Waals surface area contributed by atoms with Crippen LogP contribution < -0.4 is 14.8 Å². The molecule has 0 saturated heterocycles. The van der Waals surface area contributed by atoms with Crippen LogP contribution in [-0.2, 0) is 20.7 Å². The molecule has 0 saturated carbocycles. The van der Waals surface area contributed by atoms with Crippen molar-refractivity contribution in [2.24, 2.45) is 0 Å². The fraction of sp³-hybridized carbons (Fsp3) is 0.263. The van der Waals surface area contributed by atoms with Gasteiger partial charge in [-0.1, -0.05) is 29.8 Å². The maximum absolute atomic E-state index is 12.0. The second-order valence-electron chi connectivity index (χ2n) is 5.87. The van der Waals surface area contributed by atoms with E-state index in [0.29, 0.717) is 16.5 Å². The standard InChI is InChI=1S/C19H18ClNO5/c1-12(14-4-7-16-17(9-14)26-11-25-16)21-18(22)10-24-19(23)8-13-2-5-15(20)6-3-13/h2-7,9,12H,8,10-11H2,1H3,(H,21,22)/t12-/m1/s1. The molecule has 1 atom stereocenters. The highest BCUT2D eigenvalue weighted by Crippen LogP contribution is 2.34. The fourth-order valence-electron chi connectivity index (χ4n) is 2.51. The summed E-state index contributed by atoms with van der Waals surface area (Å²) in [5.41, 5.74) is 1.64. The molecular weight excluding hydrogens is 358 g/mol. The Balaban J connectivity index is 1.46. The quantitative estimate of drug-likeness (QED) is 0.785. The second-order valence-corrected chi connectivity index (χ2v) is 6.30. The number of ether oxygens (including phenoxy) is 3. The highest BCUT2D eigenvalue weighted by molar-refractivity contribution is 6.30. The predicted molar refractivity (Wildman–Crippen MR) is 95.2 cm³/mol. The zero-order chi connectivity index (χ0) is 18.5. The summed E-state index contributed by atoms with van der Waals surface area (Å²) in [6.07, 6.45) is 0.0855. The summed E-state index contributed by atoms with van der Waals surface area (Å²) < 4.78 is 15.6. The maximum atomic E-state index is 12.0. The lowest BCUT2D eigenvalue weighted by molar-refractivity contribution is -0.148. The van der Waals surface area contributed by atoms with Gasteiger partial charge in [-0.3, -0.25) is 9.59 Å². The van der Waals surface area contributed by atoms with Crippen molar-refractivity contribution in [3.8, 4) is 11.5 Å². The van der Waals surface area contributed by atoms with Gasteiger partial charge in [0, 0.05) is 5.02 Å². The van der Waals surface area contributed by atoms with Crippen molar-refractivity contribution in [1.82, 2.24) is 5.32 Å². The Labute approximate surface area is 156 Å². The van der Waals surface area contributed by atoms with E-state index >= 15 is 0 Å². The van der Waals surface area contributed by atoms with E-state index in [4.69, 9.17) is 25.8 Å². The van der Waals surface area contributed by atoms with Crippen LogP contribution in [0.5, 0.6) is 11.5 Å². The molecule has 0 aliphatic carbocycles. The first-order valence-electron chi connectivity index (χ1n) is 8.10. The van der Waals surface area contributed by atoms with Gasteiger partial charge in [-0.25, -0.2) is 0 Å². The third-order valence-electron chi connectivity index (χ3n) is 3.90. The van der Waals surface area contributed by atoms with Gasteiger partial charge in [0.1, 0.15) is 0 Å². The topological polar surface area (TPSA) is 73.9 Å². The first-order chi connectivity index (χ1) is 12.5. The van der Waals surface area contributed by atoms with E-state index in [0.717, 1.165) is 11.1 Å². The number of halogens is 1. The average molecular weight is 376 g/mol. The molecule has 0 fully saturated rings. The average Bonchev–Trinajstić information content (AvgIpc) is 3.09. The molecule has 1 aliphatic rings. The lowest BCUT2D eigenvalue weighted by atomic mass is 10.1. The number of benzene rings is 2. The van der Waals surface area contributed by atoms with E-state index in [-0.39, 0.29) is 31.8 Å². The summed E-state index contributed by atoms with van der Waals surface area (Å²) in [7, 11) is 0. The van der Waals surface area contributed by atoms with Crippen LogP contribution in [0.2, 0.25) is 5.02 Å². The molecule has 0 unspecified atom stereocenters. The van der Waals surface area contributed by atoms with Crippen LogP contribution in [0.15, 0.2) is 42.5 Å². The molecule has 2 aromatic rings. The lowest BCUT2D eigenvalue weighted by Crippen LogP contribution is -2.31. The Morgan fingerprint density at radius 2 is 1.88 bits per heavy atom. The molecule has 1 heterocycles. The van der Waals surface area contributed by atoms with E-state index in [9.17, 15) is 9.59 Å². The first-order valence-corrected chi connectivity index (χ1v) is 8.48. The lowest BCUT2D eigenvalue weighted by Gasteiger charge is -2.15. The molecular formula is C19H18ClNO5. The number of carbonyl (C=O) groups excluding carboxylic acids is 2. The molecule has 1 amide bonds. The van der Waals surface area contributed by atoms with Crippen molar-refractivity contribution >= 4 is 23.5 Å². The zero-order valence-corrected chi connectivity index (χ0v) is 14.9. The number of amides is 1. The molecule has 0 bridgehead atoms. The van der Waals surface area contributed by atoms with Crippen LogP contribution in [0.3, 0.4) is 0 Å². The highest BCUT2D eigenvalue weighted by Gasteiger charge is 2.17. The van der Waals surface area contributed by atoms with Gasteiger partial charge in [-0.15, -0.1) is 0 Å². The maximum Gasteiger partial charge on any atom is 0.310 e.